The molecule has 0 saturated carbocycles. The highest BCUT2D eigenvalue weighted by Crippen LogP contribution is 2.39. The average molecular weight is 513 g/mol. The van der Waals surface area contributed by atoms with E-state index in [-0.39, 0.29) is 39.1 Å². The number of carbonyl (C=O) groups excluding carboxylic acids is 2. The van der Waals surface area contributed by atoms with Crippen molar-refractivity contribution in [3.63, 3.8) is 0 Å². The zero-order chi connectivity index (χ0) is 25.7. The summed E-state index contributed by atoms with van der Waals surface area (Å²) in [5.74, 6) is -1.21. The van der Waals surface area contributed by atoms with Crippen LogP contribution in [0.3, 0.4) is 0 Å². The van der Waals surface area contributed by atoms with Crippen molar-refractivity contribution in [2.45, 2.75) is 22.8 Å². The number of benzene rings is 4. The van der Waals surface area contributed by atoms with Gasteiger partial charge < -0.3 is 9.80 Å². The normalized spacial score (nSPS) is 15.5. The van der Waals surface area contributed by atoms with Gasteiger partial charge in [0.1, 0.15) is 5.82 Å². The second-order valence-electron chi connectivity index (χ2n) is 9.04. The van der Waals surface area contributed by atoms with Crippen LogP contribution in [0.25, 0.3) is 0 Å². The first kappa shape index (κ1) is 23.1. The number of halogens is 1. The first-order chi connectivity index (χ1) is 17.8. The van der Waals surface area contributed by atoms with Crippen molar-refractivity contribution in [1.29, 1.82) is 0 Å². The molecule has 0 unspecified atom stereocenters. The highest BCUT2D eigenvalue weighted by molar-refractivity contribution is 7.91. The van der Waals surface area contributed by atoms with Crippen LogP contribution >= 0.6 is 0 Å². The van der Waals surface area contributed by atoms with Crippen LogP contribution in [0.2, 0.25) is 0 Å². The third kappa shape index (κ3) is 3.81. The maximum absolute atomic E-state index is 13.8. The third-order valence-electron chi connectivity index (χ3n) is 6.82. The molecule has 0 aromatic heterocycles. The molecule has 0 atom stereocenters. The second kappa shape index (κ2) is 8.67. The minimum Gasteiger partial charge on any atom is -0.308 e. The quantitative estimate of drug-likeness (QED) is 0.386. The maximum atomic E-state index is 13.8. The van der Waals surface area contributed by atoms with E-state index in [0.29, 0.717) is 12.1 Å². The van der Waals surface area contributed by atoms with Crippen LogP contribution in [0.1, 0.15) is 31.8 Å². The van der Waals surface area contributed by atoms with Crippen molar-refractivity contribution >= 4 is 33.0 Å². The number of fused-ring (bicyclic) bond motifs is 3. The largest absolute Gasteiger partial charge is 0.308 e. The molecule has 6 nitrogen and oxygen atoms in total. The zero-order valence-corrected chi connectivity index (χ0v) is 20.4. The predicted octanol–water partition coefficient (Wildman–Crippen LogP) is 5.02. The lowest BCUT2D eigenvalue weighted by Gasteiger charge is -2.24. The van der Waals surface area contributed by atoms with E-state index in [0.717, 1.165) is 17.7 Å². The molecule has 2 aliphatic rings. The molecule has 6 rings (SSSR count). The smallest absolute Gasteiger partial charge is 0.259 e. The molecule has 2 amide bonds. The van der Waals surface area contributed by atoms with Gasteiger partial charge in [-0.2, -0.15) is 0 Å². The SMILES string of the molecule is O=C(c1ccc2c(c1)N(Cc1ccc(F)cc1)C(=O)c1ccccc1S2(=O)=O)N1CCc2ccccc21. The Bertz CT molecular complexity index is 1680. The van der Waals surface area contributed by atoms with Gasteiger partial charge in [-0.25, -0.2) is 12.8 Å². The van der Waals surface area contributed by atoms with Crippen molar-refractivity contribution in [2.75, 3.05) is 16.3 Å². The van der Waals surface area contributed by atoms with Gasteiger partial charge in [0.25, 0.3) is 11.8 Å². The number of amides is 2. The molecular weight excluding hydrogens is 491 g/mol. The Balaban J connectivity index is 1.50. The summed E-state index contributed by atoms with van der Waals surface area (Å²) in [6.45, 7) is 0.511. The molecule has 0 radical (unpaired) electrons. The van der Waals surface area contributed by atoms with Crippen LogP contribution in [0.15, 0.2) is 101 Å². The van der Waals surface area contributed by atoms with Gasteiger partial charge in [-0.15, -0.1) is 0 Å². The fourth-order valence-electron chi connectivity index (χ4n) is 4.97. The van der Waals surface area contributed by atoms with Gasteiger partial charge in [0, 0.05) is 17.8 Å². The monoisotopic (exact) mass is 512 g/mol. The van der Waals surface area contributed by atoms with E-state index in [2.05, 4.69) is 0 Å². The van der Waals surface area contributed by atoms with E-state index in [4.69, 9.17) is 0 Å². The van der Waals surface area contributed by atoms with Crippen molar-refractivity contribution in [3.05, 3.63) is 119 Å². The molecule has 0 N–H and O–H groups in total. The van der Waals surface area contributed by atoms with E-state index in [9.17, 15) is 22.4 Å². The number of nitrogens with zero attached hydrogens (tertiary/aromatic N) is 2. The lowest BCUT2D eigenvalue weighted by Crippen LogP contribution is -2.32. The highest BCUT2D eigenvalue weighted by atomic mass is 32.2. The summed E-state index contributed by atoms with van der Waals surface area (Å²) >= 11 is 0. The van der Waals surface area contributed by atoms with Crippen molar-refractivity contribution < 1.29 is 22.4 Å². The Morgan fingerprint density at radius 3 is 2.38 bits per heavy atom. The summed E-state index contributed by atoms with van der Waals surface area (Å²) in [5.41, 5.74) is 2.93. The molecule has 37 heavy (non-hydrogen) atoms. The van der Waals surface area contributed by atoms with Gasteiger partial charge in [0.2, 0.25) is 9.84 Å². The number of para-hydroxylation sites is 1. The molecule has 4 aromatic rings. The molecular formula is C29H21FN2O4S. The van der Waals surface area contributed by atoms with Crippen LogP contribution in [0.4, 0.5) is 15.8 Å². The molecule has 4 aromatic carbocycles. The molecule has 0 bridgehead atoms. The van der Waals surface area contributed by atoms with Crippen molar-refractivity contribution in [2.24, 2.45) is 0 Å². The summed E-state index contributed by atoms with van der Waals surface area (Å²) in [7, 11) is -4.06. The first-order valence-corrected chi connectivity index (χ1v) is 13.3. The second-order valence-corrected chi connectivity index (χ2v) is 10.9. The fraction of sp³-hybridized carbons (Fsp3) is 0.103. The van der Waals surface area contributed by atoms with Crippen LogP contribution < -0.4 is 9.80 Å². The van der Waals surface area contributed by atoms with Crippen LogP contribution in [0, 0.1) is 5.82 Å². The maximum Gasteiger partial charge on any atom is 0.259 e. The number of anilines is 2. The molecule has 0 fully saturated rings. The molecule has 184 valence electrons. The lowest BCUT2D eigenvalue weighted by molar-refractivity contribution is 0.0974. The third-order valence-corrected chi connectivity index (χ3v) is 8.68. The van der Waals surface area contributed by atoms with E-state index in [1.807, 2.05) is 24.3 Å². The van der Waals surface area contributed by atoms with Gasteiger partial charge in [-0.3, -0.25) is 9.59 Å². The summed E-state index contributed by atoms with van der Waals surface area (Å²) in [4.78, 5) is 30.2. The van der Waals surface area contributed by atoms with Crippen LogP contribution in [-0.2, 0) is 22.8 Å². The van der Waals surface area contributed by atoms with E-state index < -0.39 is 21.6 Å². The van der Waals surface area contributed by atoms with Gasteiger partial charge in [0.15, 0.2) is 0 Å². The molecule has 0 saturated heterocycles. The summed E-state index contributed by atoms with van der Waals surface area (Å²) < 4.78 is 40.9. The standard InChI is InChI=1S/C29H21FN2O4S/c30-22-12-9-19(10-13-22)18-32-25-17-21(28(33)31-16-15-20-5-1-3-7-24(20)31)11-14-27(25)37(35,36)26-8-4-2-6-23(26)29(32)34/h1-14,17H,15-16,18H2. The Morgan fingerprint density at radius 1 is 0.838 bits per heavy atom. The highest BCUT2D eigenvalue weighted by Gasteiger charge is 2.36. The van der Waals surface area contributed by atoms with E-state index >= 15 is 0 Å². The Labute approximate surface area is 213 Å². The van der Waals surface area contributed by atoms with Crippen molar-refractivity contribution in [1.82, 2.24) is 0 Å². The average Bonchev–Trinajstić information content (AvgIpc) is 3.33. The topological polar surface area (TPSA) is 74.8 Å². The molecule has 0 spiro atoms. The minimum absolute atomic E-state index is 0.000158. The van der Waals surface area contributed by atoms with Crippen LogP contribution in [-0.4, -0.2) is 26.8 Å². The number of rotatable bonds is 3. The molecule has 2 heterocycles. The van der Waals surface area contributed by atoms with Gasteiger partial charge in [0.05, 0.1) is 27.6 Å². The molecule has 8 heteroatoms. The van der Waals surface area contributed by atoms with E-state index in [1.54, 1.807) is 29.2 Å². The zero-order valence-electron chi connectivity index (χ0n) is 19.6. The number of hydrogen-bond acceptors (Lipinski definition) is 4. The summed E-state index contributed by atoms with van der Waals surface area (Å²) in [6.07, 6.45) is 0.728. The Morgan fingerprint density at radius 2 is 1.57 bits per heavy atom. The predicted molar refractivity (Wildman–Crippen MR) is 137 cm³/mol. The summed E-state index contributed by atoms with van der Waals surface area (Å²) in [6, 6.07) is 23.8. The Hall–Kier alpha value is -4.30. The van der Waals surface area contributed by atoms with Crippen LogP contribution in [0.5, 0.6) is 0 Å². The minimum atomic E-state index is -4.06. The lowest BCUT2D eigenvalue weighted by atomic mass is 10.1. The van der Waals surface area contributed by atoms with E-state index in [1.165, 1.54) is 47.4 Å². The van der Waals surface area contributed by atoms with Crippen molar-refractivity contribution in [3.8, 4) is 0 Å². The van der Waals surface area contributed by atoms with Gasteiger partial charge in [-0.05, 0) is 66.1 Å². The number of sulfone groups is 1. The fourth-order valence-corrected chi connectivity index (χ4v) is 6.61. The summed E-state index contributed by atoms with van der Waals surface area (Å²) in [5, 5.41) is 0. The Kier molecular flexibility index (Phi) is 5.42. The van der Waals surface area contributed by atoms with Gasteiger partial charge in [-0.1, -0.05) is 42.5 Å². The molecule has 0 aliphatic carbocycles. The first-order valence-electron chi connectivity index (χ1n) is 11.8. The van der Waals surface area contributed by atoms with Gasteiger partial charge >= 0.3 is 0 Å². The number of carbonyl (C=O) groups is 2. The molecule has 2 aliphatic heterocycles. The number of hydrogen-bond donors (Lipinski definition) is 0.